The van der Waals surface area contributed by atoms with Crippen LogP contribution in [-0.4, -0.2) is 41.5 Å². The Bertz CT molecular complexity index is 1200. The Morgan fingerprint density at radius 1 is 1.19 bits per heavy atom. The molecule has 1 aliphatic rings. The molecule has 4 rings (SSSR count). The van der Waals surface area contributed by atoms with Crippen LogP contribution < -0.4 is 5.32 Å². The number of esters is 1. The molecule has 1 aliphatic heterocycles. The first-order valence-corrected chi connectivity index (χ1v) is 11.2. The van der Waals surface area contributed by atoms with Gasteiger partial charge in [-0.15, -0.1) is 0 Å². The summed E-state index contributed by atoms with van der Waals surface area (Å²) in [5.74, 6) is -0.997. The number of nitrogens with one attached hydrogen (secondary N) is 1. The third kappa shape index (κ3) is 4.44. The van der Waals surface area contributed by atoms with Crippen molar-refractivity contribution in [2.24, 2.45) is 0 Å². The fourth-order valence-electron chi connectivity index (χ4n) is 3.88. The van der Waals surface area contributed by atoms with Crippen LogP contribution >= 0.6 is 23.2 Å². The number of rotatable bonds is 5. The lowest BCUT2D eigenvalue weighted by Gasteiger charge is -2.27. The highest BCUT2D eigenvalue weighted by atomic mass is 35.5. The van der Waals surface area contributed by atoms with Gasteiger partial charge in [0.2, 0.25) is 0 Å². The molecule has 2 heterocycles. The van der Waals surface area contributed by atoms with Crippen LogP contribution in [0.2, 0.25) is 10.0 Å². The molecule has 1 amide bonds. The smallest absolute Gasteiger partial charge is 0.340 e. The first kappa shape index (κ1) is 22.5. The van der Waals surface area contributed by atoms with E-state index in [0.29, 0.717) is 29.2 Å². The Morgan fingerprint density at radius 3 is 2.75 bits per heavy atom. The first-order valence-electron chi connectivity index (χ1n) is 10.4. The maximum absolute atomic E-state index is 13.4. The van der Waals surface area contributed by atoms with Crippen molar-refractivity contribution in [3.63, 3.8) is 0 Å². The van der Waals surface area contributed by atoms with E-state index in [0.717, 1.165) is 35.1 Å². The van der Waals surface area contributed by atoms with Crippen molar-refractivity contribution >= 4 is 51.7 Å². The lowest BCUT2D eigenvalue weighted by molar-refractivity contribution is -0.124. The Hall–Kier alpha value is -2.67. The van der Waals surface area contributed by atoms with Crippen LogP contribution in [-0.2, 0) is 22.5 Å². The highest BCUT2D eigenvalue weighted by Crippen LogP contribution is 2.31. The molecule has 1 atom stereocenters. The first-order chi connectivity index (χ1) is 15.4. The molecule has 1 unspecified atom stereocenters. The average molecular weight is 472 g/mol. The highest BCUT2D eigenvalue weighted by molar-refractivity contribution is 6.44. The number of carbonyl (C=O) groups excluding carboxylic acids is 2. The summed E-state index contributed by atoms with van der Waals surface area (Å²) in [5.41, 5.74) is 3.34. The van der Waals surface area contributed by atoms with Gasteiger partial charge in [-0.3, -0.25) is 9.78 Å². The molecule has 0 radical (unpaired) electrons. The van der Waals surface area contributed by atoms with E-state index in [2.05, 4.69) is 10.2 Å². The molecular weight excluding hydrogens is 449 g/mol. The Morgan fingerprint density at radius 2 is 1.97 bits per heavy atom. The minimum atomic E-state index is -0.985. The third-order valence-corrected chi connectivity index (χ3v) is 6.38. The molecular formula is C24H23Cl2N3O3. The van der Waals surface area contributed by atoms with Gasteiger partial charge in [-0.2, -0.15) is 0 Å². The normalized spacial score (nSPS) is 14.6. The molecule has 0 aliphatic carbocycles. The molecule has 6 nitrogen and oxygen atoms in total. The van der Waals surface area contributed by atoms with Crippen molar-refractivity contribution in [2.75, 3.05) is 18.9 Å². The lowest BCUT2D eigenvalue weighted by Crippen LogP contribution is -2.34. The Labute approximate surface area is 196 Å². The number of aromatic nitrogens is 1. The summed E-state index contributed by atoms with van der Waals surface area (Å²) in [7, 11) is 2.00. The van der Waals surface area contributed by atoms with Gasteiger partial charge in [-0.05, 0) is 31.7 Å². The predicted molar refractivity (Wildman–Crippen MR) is 126 cm³/mol. The number of nitrogens with zero attached hydrogens (tertiary/aromatic N) is 2. The molecule has 1 aromatic heterocycles. The maximum Gasteiger partial charge on any atom is 0.340 e. The summed E-state index contributed by atoms with van der Waals surface area (Å²) < 4.78 is 5.73. The molecule has 32 heavy (non-hydrogen) atoms. The summed E-state index contributed by atoms with van der Waals surface area (Å²) in [6.45, 7) is 3.25. The second-order valence-electron chi connectivity index (χ2n) is 7.81. The molecule has 0 spiro atoms. The molecule has 166 valence electrons. The van der Waals surface area contributed by atoms with Crippen molar-refractivity contribution in [1.82, 2.24) is 9.88 Å². The number of amides is 1. The molecule has 0 fully saturated rings. The number of pyridine rings is 1. The number of fused-ring (bicyclic) bond motifs is 2. The number of anilines is 1. The average Bonchev–Trinajstić information content (AvgIpc) is 2.78. The fourth-order valence-corrected chi connectivity index (χ4v) is 4.23. The molecule has 1 N–H and O–H groups in total. The molecule has 3 aromatic rings. The van der Waals surface area contributed by atoms with Crippen molar-refractivity contribution in [2.45, 2.75) is 32.4 Å². The second kappa shape index (κ2) is 9.45. The zero-order valence-electron chi connectivity index (χ0n) is 17.8. The maximum atomic E-state index is 13.4. The molecule has 0 saturated heterocycles. The van der Waals surface area contributed by atoms with Crippen molar-refractivity contribution in [3.8, 4) is 0 Å². The van der Waals surface area contributed by atoms with Crippen molar-refractivity contribution in [1.29, 1.82) is 0 Å². The van der Waals surface area contributed by atoms with Gasteiger partial charge in [-0.1, -0.05) is 54.4 Å². The highest BCUT2D eigenvalue weighted by Gasteiger charge is 2.29. The van der Waals surface area contributed by atoms with Crippen LogP contribution in [0.4, 0.5) is 5.69 Å². The number of hydrogen-bond donors (Lipinski definition) is 1. The summed E-state index contributed by atoms with van der Waals surface area (Å²) >= 11 is 12.2. The van der Waals surface area contributed by atoms with E-state index in [1.807, 2.05) is 31.3 Å². The van der Waals surface area contributed by atoms with Gasteiger partial charge in [0.05, 0.1) is 26.8 Å². The predicted octanol–water partition coefficient (Wildman–Crippen LogP) is 5.10. The lowest BCUT2D eigenvalue weighted by atomic mass is 9.96. The molecule has 0 saturated carbocycles. The van der Waals surface area contributed by atoms with Gasteiger partial charge < -0.3 is 15.0 Å². The quantitative estimate of drug-likeness (QED) is 0.523. The number of para-hydroxylation sites is 1. The molecule has 8 heteroatoms. The second-order valence-corrected chi connectivity index (χ2v) is 8.59. The SMILES string of the molecule is CCC(OC(=O)c1c2c(nc3ccccc13)CCN(C)C2)C(=O)Nc1cccc(Cl)c1Cl. The van der Waals surface area contributed by atoms with E-state index < -0.39 is 18.0 Å². The number of halogens is 2. The number of likely N-dealkylation sites (N-methyl/N-ethyl adjacent to an activating group) is 1. The van der Waals surface area contributed by atoms with Crippen LogP contribution in [0, 0.1) is 0 Å². The zero-order valence-corrected chi connectivity index (χ0v) is 19.3. The minimum absolute atomic E-state index is 0.237. The Kier molecular flexibility index (Phi) is 6.65. The topological polar surface area (TPSA) is 71.5 Å². The number of ether oxygens (including phenoxy) is 1. The van der Waals surface area contributed by atoms with Crippen molar-refractivity contribution < 1.29 is 14.3 Å². The van der Waals surface area contributed by atoms with Gasteiger partial charge in [0.25, 0.3) is 5.91 Å². The van der Waals surface area contributed by atoms with Crippen LogP contribution in [0.25, 0.3) is 10.9 Å². The molecule has 0 bridgehead atoms. The van der Waals surface area contributed by atoms with Gasteiger partial charge in [0.1, 0.15) is 0 Å². The standard InChI is InChI=1S/C24H23Cl2N3O3/c1-3-20(23(30)28-19-10-6-8-16(25)22(19)26)32-24(31)21-14-7-4-5-9-17(14)27-18-11-12-29(2)13-15(18)21/h4-10,20H,3,11-13H2,1-2H3,(H,28,30). The van der Waals surface area contributed by atoms with Crippen LogP contribution in [0.3, 0.4) is 0 Å². The van der Waals surface area contributed by atoms with E-state index >= 15 is 0 Å². The largest absolute Gasteiger partial charge is 0.449 e. The summed E-state index contributed by atoms with van der Waals surface area (Å²) in [6, 6.07) is 12.5. The van der Waals surface area contributed by atoms with Gasteiger partial charge >= 0.3 is 5.97 Å². The third-order valence-electron chi connectivity index (χ3n) is 5.56. The monoisotopic (exact) mass is 471 g/mol. The summed E-state index contributed by atoms with van der Waals surface area (Å²) in [5, 5.41) is 4.00. The van der Waals surface area contributed by atoms with E-state index in [9.17, 15) is 9.59 Å². The summed E-state index contributed by atoms with van der Waals surface area (Å²) in [6.07, 6.45) is 0.0735. The zero-order chi connectivity index (χ0) is 22.8. The van der Waals surface area contributed by atoms with Crippen molar-refractivity contribution in [3.05, 3.63) is 69.3 Å². The Balaban J connectivity index is 1.64. The molecule has 2 aromatic carbocycles. The number of hydrogen-bond acceptors (Lipinski definition) is 5. The van der Waals surface area contributed by atoms with Crippen LogP contribution in [0.1, 0.15) is 35.0 Å². The minimum Gasteiger partial charge on any atom is -0.449 e. The van der Waals surface area contributed by atoms with Gasteiger partial charge in [0.15, 0.2) is 6.10 Å². The fraction of sp³-hybridized carbons (Fsp3) is 0.292. The van der Waals surface area contributed by atoms with Gasteiger partial charge in [-0.25, -0.2) is 4.79 Å². The van der Waals surface area contributed by atoms with Crippen LogP contribution in [0.5, 0.6) is 0 Å². The van der Waals surface area contributed by atoms with E-state index in [1.165, 1.54) is 0 Å². The van der Waals surface area contributed by atoms with E-state index in [4.69, 9.17) is 32.9 Å². The number of carbonyl (C=O) groups is 2. The van der Waals surface area contributed by atoms with Gasteiger partial charge in [0, 0.05) is 36.2 Å². The van der Waals surface area contributed by atoms with E-state index in [1.54, 1.807) is 25.1 Å². The summed E-state index contributed by atoms with van der Waals surface area (Å²) in [4.78, 5) is 33.2. The number of benzene rings is 2. The van der Waals surface area contributed by atoms with E-state index in [-0.39, 0.29) is 5.02 Å². The van der Waals surface area contributed by atoms with Crippen LogP contribution in [0.15, 0.2) is 42.5 Å².